The number of halogens is 1. The summed E-state index contributed by atoms with van der Waals surface area (Å²) in [6.45, 7) is 6.21. The van der Waals surface area contributed by atoms with Gasteiger partial charge in [0.15, 0.2) is 5.58 Å². The average Bonchev–Trinajstić information content (AvgIpc) is 2.45. The quantitative estimate of drug-likeness (QED) is 0.660. The van der Waals surface area contributed by atoms with Crippen molar-refractivity contribution in [3.63, 3.8) is 0 Å². The number of oxazole rings is 1. The fourth-order valence-corrected chi connectivity index (χ4v) is 1.39. The van der Waals surface area contributed by atoms with Crippen molar-refractivity contribution < 1.29 is 4.42 Å². The van der Waals surface area contributed by atoms with Crippen molar-refractivity contribution in [2.45, 2.75) is 26.2 Å². The molecule has 0 aliphatic heterocycles. The van der Waals surface area contributed by atoms with Crippen molar-refractivity contribution >= 4 is 22.7 Å². The number of hydrogen-bond acceptors (Lipinski definition) is 2. The van der Waals surface area contributed by atoms with E-state index in [-0.39, 0.29) is 5.41 Å². The first kappa shape index (κ1) is 9.53. The van der Waals surface area contributed by atoms with E-state index in [0.717, 1.165) is 17.0 Å². The lowest BCUT2D eigenvalue weighted by atomic mass is 9.97. The van der Waals surface area contributed by atoms with Crippen LogP contribution in [0.3, 0.4) is 0 Å². The van der Waals surface area contributed by atoms with E-state index >= 15 is 0 Å². The maximum Gasteiger partial charge on any atom is 0.200 e. The number of benzene rings is 1. The van der Waals surface area contributed by atoms with Gasteiger partial charge in [0.25, 0.3) is 0 Å². The van der Waals surface area contributed by atoms with Crippen LogP contribution in [-0.2, 0) is 5.41 Å². The molecule has 2 aromatic rings. The Morgan fingerprint density at radius 1 is 1.29 bits per heavy atom. The Bertz CT molecular complexity index is 468. The number of nitrogens with zero attached hydrogens (tertiary/aromatic N) is 1. The molecular formula is C11H12ClNO. The Morgan fingerprint density at radius 3 is 2.64 bits per heavy atom. The van der Waals surface area contributed by atoms with Crippen LogP contribution < -0.4 is 0 Å². The van der Waals surface area contributed by atoms with E-state index in [9.17, 15) is 0 Å². The molecule has 3 heteroatoms. The van der Waals surface area contributed by atoms with Gasteiger partial charge in [-0.05, 0) is 18.2 Å². The van der Waals surface area contributed by atoms with Gasteiger partial charge in [0.05, 0.1) is 0 Å². The molecule has 0 radical (unpaired) electrons. The molecule has 1 heterocycles. The van der Waals surface area contributed by atoms with Crippen molar-refractivity contribution in [3.8, 4) is 0 Å². The highest BCUT2D eigenvalue weighted by Crippen LogP contribution is 2.27. The lowest BCUT2D eigenvalue weighted by Crippen LogP contribution is -2.10. The number of hydrogen-bond donors (Lipinski definition) is 0. The first-order valence-electron chi connectivity index (χ1n) is 4.53. The van der Waals surface area contributed by atoms with Crippen LogP contribution in [0.5, 0.6) is 0 Å². The minimum absolute atomic E-state index is 0.0640. The summed E-state index contributed by atoms with van der Waals surface area (Å²) in [4.78, 5) is 4.39. The third-order valence-electron chi connectivity index (χ3n) is 1.99. The molecule has 0 amide bonds. The summed E-state index contributed by atoms with van der Waals surface area (Å²) < 4.78 is 5.62. The average molecular weight is 210 g/mol. The van der Waals surface area contributed by atoms with Gasteiger partial charge < -0.3 is 4.42 Å². The van der Waals surface area contributed by atoms with Gasteiger partial charge in [0, 0.05) is 10.4 Å². The van der Waals surface area contributed by atoms with Gasteiger partial charge in [-0.25, -0.2) is 4.98 Å². The van der Waals surface area contributed by atoms with Crippen LogP contribution in [0.25, 0.3) is 11.1 Å². The van der Waals surface area contributed by atoms with E-state index in [1.165, 1.54) is 0 Å². The van der Waals surface area contributed by atoms with Gasteiger partial charge in [-0.2, -0.15) is 0 Å². The molecule has 2 nitrogen and oxygen atoms in total. The number of fused-ring (bicyclic) bond motifs is 1. The van der Waals surface area contributed by atoms with E-state index in [0.29, 0.717) is 5.02 Å². The van der Waals surface area contributed by atoms with Crippen molar-refractivity contribution in [1.82, 2.24) is 4.98 Å². The van der Waals surface area contributed by atoms with Crippen molar-refractivity contribution in [2.24, 2.45) is 0 Å². The van der Waals surface area contributed by atoms with Gasteiger partial charge in [0.1, 0.15) is 5.52 Å². The fraction of sp³-hybridized carbons (Fsp3) is 0.364. The molecule has 0 fully saturated rings. The Labute approximate surface area is 87.9 Å². The van der Waals surface area contributed by atoms with E-state index in [1.807, 2.05) is 18.2 Å². The van der Waals surface area contributed by atoms with Gasteiger partial charge in [-0.1, -0.05) is 32.4 Å². The molecule has 0 bridgehead atoms. The van der Waals surface area contributed by atoms with Crippen LogP contribution in [0.2, 0.25) is 5.02 Å². The number of rotatable bonds is 0. The second kappa shape index (κ2) is 2.99. The van der Waals surface area contributed by atoms with Crippen LogP contribution in [0.1, 0.15) is 26.7 Å². The molecule has 1 aromatic carbocycles. The zero-order valence-corrected chi connectivity index (χ0v) is 9.22. The monoisotopic (exact) mass is 209 g/mol. The van der Waals surface area contributed by atoms with Crippen LogP contribution in [-0.4, -0.2) is 4.98 Å². The van der Waals surface area contributed by atoms with Crippen molar-refractivity contribution in [2.75, 3.05) is 0 Å². The zero-order chi connectivity index (χ0) is 10.3. The molecule has 14 heavy (non-hydrogen) atoms. The van der Waals surface area contributed by atoms with Crippen LogP contribution in [0.4, 0.5) is 0 Å². The predicted molar refractivity (Wildman–Crippen MR) is 57.7 cm³/mol. The topological polar surface area (TPSA) is 26.0 Å². The summed E-state index contributed by atoms with van der Waals surface area (Å²) in [7, 11) is 0. The summed E-state index contributed by atoms with van der Waals surface area (Å²) in [5.41, 5.74) is 1.55. The maximum atomic E-state index is 5.86. The molecule has 0 spiro atoms. The lowest BCUT2D eigenvalue weighted by molar-refractivity contribution is 0.411. The summed E-state index contributed by atoms with van der Waals surface area (Å²) in [6.07, 6.45) is 0. The summed E-state index contributed by atoms with van der Waals surface area (Å²) >= 11 is 5.86. The Morgan fingerprint density at radius 2 is 2.00 bits per heavy atom. The molecular weight excluding hydrogens is 198 g/mol. The highest BCUT2D eigenvalue weighted by molar-refractivity contribution is 6.31. The summed E-state index contributed by atoms with van der Waals surface area (Å²) in [5.74, 6) is 0.745. The number of aromatic nitrogens is 1. The Balaban J connectivity index is 2.63. The molecule has 74 valence electrons. The van der Waals surface area contributed by atoms with Crippen LogP contribution >= 0.6 is 11.6 Å². The van der Waals surface area contributed by atoms with Crippen LogP contribution in [0, 0.1) is 0 Å². The van der Waals surface area contributed by atoms with Crippen LogP contribution in [0.15, 0.2) is 22.6 Å². The smallest absolute Gasteiger partial charge is 0.200 e. The molecule has 0 N–H and O–H groups in total. The molecule has 0 aliphatic carbocycles. The molecule has 1 aromatic heterocycles. The van der Waals surface area contributed by atoms with E-state index in [4.69, 9.17) is 16.0 Å². The van der Waals surface area contributed by atoms with E-state index in [1.54, 1.807) is 0 Å². The molecule has 2 rings (SSSR count). The van der Waals surface area contributed by atoms with Gasteiger partial charge in [-0.3, -0.25) is 0 Å². The Hall–Kier alpha value is -1.02. The molecule has 0 saturated heterocycles. The van der Waals surface area contributed by atoms with Gasteiger partial charge in [0.2, 0.25) is 5.89 Å². The first-order chi connectivity index (χ1) is 6.47. The largest absolute Gasteiger partial charge is 0.440 e. The molecule has 0 atom stereocenters. The van der Waals surface area contributed by atoms with Gasteiger partial charge >= 0.3 is 0 Å². The van der Waals surface area contributed by atoms with Crippen molar-refractivity contribution in [1.29, 1.82) is 0 Å². The maximum absolute atomic E-state index is 5.86. The second-order valence-corrected chi connectivity index (χ2v) is 4.82. The Kier molecular flexibility index (Phi) is 2.04. The predicted octanol–water partition coefficient (Wildman–Crippen LogP) is 3.78. The van der Waals surface area contributed by atoms with E-state index < -0.39 is 0 Å². The molecule has 0 unspecified atom stereocenters. The lowest BCUT2D eigenvalue weighted by Gasteiger charge is -2.11. The minimum Gasteiger partial charge on any atom is -0.440 e. The first-order valence-corrected chi connectivity index (χ1v) is 4.91. The third kappa shape index (κ3) is 1.62. The normalized spacial score (nSPS) is 12.3. The third-order valence-corrected chi connectivity index (χ3v) is 2.23. The van der Waals surface area contributed by atoms with Crippen molar-refractivity contribution in [3.05, 3.63) is 29.1 Å². The highest BCUT2D eigenvalue weighted by Gasteiger charge is 2.20. The fourth-order valence-electron chi connectivity index (χ4n) is 1.22. The van der Waals surface area contributed by atoms with E-state index in [2.05, 4.69) is 25.8 Å². The molecule has 0 aliphatic rings. The summed E-state index contributed by atoms with van der Waals surface area (Å²) in [5, 5.41) is 0.686. The highest BCUT2D eigenvalue weighted by atomic mass is 35.5. The standard InChI is InChI=1S/C11H12ClNO/c1-11(2,3)10-13-8-6-7(12)4-5-9(8)14-10/h4-6H,1-3H3. The zero-order valence-electron chi connectivity index (χ0n) is 8.47. The minimum atomic E-state index is -0.0640. The SMILES string of the molecule is CC(C)(C)c1nc2cc(Cl)ccc2o1. The van der Waals surface area contributed by atoms with Gasteiger partial charge in [-0.15, -0.1) is 0 Å². The second-order valence-electron chi connectivity index (χ2n) is 4.38. The molecule has 0 saturated carbocycles. The summed E-state index contributed by atoms with van der Waals surface area (Å²) in [6, 6.07) is 5.47.